The molecule has 0 aliphatic rings. The predicted molar refractivity (Wildman–Crippen MR) is 66.3 cm³/mol. The molecule has 3 heteroatoms. The third kappa shape index (κ3) is 3.20. The lowest BCUT2D eigenvalue weighted by Crippen LogP contribution is -2.03. The summed E-state index contributed by atoms with van der Waals surface area (Å²) in [6.07, 6.45) is 6.61. The molecule has 0 saturated heterocycles. The smallest absolute Gasteiger partial charge is 0.0718 e. The van der Waals surface area contributed by atoms with Gasteiger partial charge in [-0.2, -0.15) is 5.10 Å². The second-order valence-electron chi connectivity index (χ2n) is 4.17. The van der Waals surface area contributed by atoms with Crippen molar-refractivity contribution in [3.63, 3.8) is 0 Å². The lowest BCUT2D eigenvalue weighted by atomic mass is 10.2. The summed E-state index contributed by atoms with van der Waals surface area (Å²) in [5.74, 6) is 0. The molecule has 0 bridgehead atoms. The summed E-state index contributed by atoms with van der Waals surface area (Å²) in [7, 11) is 0. The Hall–Kier alpha value is -1.09. The molecule has 0 radical (unpaired) electrons. The highest BCUT2D eigenvalue weighted by molar-refractivity contribution is 5.23. The van der Waals surface area contributed by atoms with E-state index in [1.165, 1.54) is 12.8 Å². The lowest BCUT2D eigenvalue weighted by Gasteiger charge is -2.04. The van der Waals surface area contributed by atoms with Gasteiger partial charge in [-0.05, 0) is 33.1 Å². The van der Waals surface area contributed by atoms with Gasteiger partial charge in [-0.15, -0.1) is 6.58 Å². The number of hydrogen-bond donors (Lipinski definition) is 1. The number of unbranched alkanes of at least 4 members (excludes halogenated alkanes) is 3. The third-order valence-electron chi connectivity index (χ3n) is 2.97. The van der Waals surface area contributed by atoms with E-state index < -0.39 is 0 Å². The summed E-state index contributed by atoms with van der Waals surface area (Å²) in [4.78, 5) is 0. The molecule has 1 aromatic rings. The van der Waals surface area contributed by atoms with Gasteiger partial charge in [-0.25, -0.2) is 0 Å². The van der Waals surface area contributed by atoms with Gasteiger partial charge in [0.25, 0.3) is 0 Å². The molecule has 0 aromatic carbocycles. The molecule has 1 heterocycles. The maximum Gasteiger partial charge on any atom is 0.0718 e. The number of allylic oxidation sites excluding steroid dienone is 1. The minimum Gasteiger partial charge on any atom is -0.392 e. The largest absolute Gasteiger partial charge is 0.392 e. The summed E-state index contributed by atoms with van der Waals surface area (Å²) >= 11 is 0. The standard InChI is InChI=1S/C13H22N2O/c1-4-5-6-7-8-9-15-12(3)13(10-16)11(2)14-15/h4,16H,1,5-10H2,2-3H3. The van der Waals surface area contributed by atoms with E-state index in [9.17, 15) is 5.11 Å². The zero-order valence-corrected chi connectivity index (χ0v) is 10.4. The molecular formula is C13H22N2O. The number of aliphatic hydroxyl groups excluding tert-OH is 1. The lowest BCUT2D eigenvalue weighted by molar-refractivity contribution is 0.280. The number of aliphatic hydroxyl groups is 1. The van der Waals surface area contributed by atoms with Gasteiger partial charge in [0.05, 0.1) is 12.3 Å². The highest BCUT2D eigenvalue weighted by atomic mass is 16.3. The van der Waals surface area contributed by atoms with Crippen molar-refractivity contribution in [2.24, 2.45) is 0 Å². The fourth-order valence-corrected chi connectivity index (χ4v) is 1.91. The highest BCUT2D eigenvalue weighted by Crippen LogP contribution is 2.13. The van der Waals surface area contributed by atoms with Crippen molar-refractivity contribution in [3.05, 3.63) is 29.6 Å². The minimum absolute atomic E-state index is 0.0914. The third-order valence-corrected chi connectivity index (χ3v) is 2.97. The molecular weight excluding hydrogens is 200 g/mol. The van der Waals surface area contributed by atoms with Crippen LogP contribution in [-0.4, -0.2) is 14.9 Å². The van der Waals surface area contributed by atoms with Gasteiger partial charge >= 0.3 is 0 Å². The number of rotatable bonds is 7. The molecule has 0 spiro atoms. The topological polar surface area (TPSA) is 38.0 Å². The van der Waals surface area contributed by atoms with Crippen LogP contribution < -0.4 is 0 Å². The van der Waals surface area contributed by atoms with Gasteiger partial charge in [0.15, 0.2) is 0 Å². The van der Waals surface area contributed by atoms with Crippen molar-refractivity contribution >= 4 is 0 Å². The Morgan fingerprint density at radius 1 is 1.31 bits per heavy atom. The highest BCUT2D eigenvalue weighted by Gasteiger charge is 2.09. The van der Waals surface area contributed by atoms with E-state index in [2.05, 4.69) is 11.7 Å². The van der Waals surface area contributed by atoms with E-state index in [4.69, 9.17) is 0 Å². The Morgan fingerprint density at radius 3 is 2.62 bits per heavy atom. The molecule has 0 unspecified atom stereocenters. The first-order valence-corrected chi connectivity index (χ1v) is 5.95. The average molecular weight is 222 g/mol. The van der Waals surface area contributed by atoms with E-state index in [1.807, 2.05) is 24.6 Å². The first kappa shape index (κ1) is 13.0. The van der Waals surface area contributed by atoms with E-state index in [-0.39, 0.29) is 6.61 Å². The normalized spacial score (nSPS) is 10.7. The Labute approximate surface area is 97.8 Å². The summed E-state index contributed by atoms with van der Waals surface area (Å²) in [6.45, 7) is 8.73. The van der Waals surface area contributed by atoms with Crippen molar-refractivity contribution in [3.8, 4) is 0 Å². The van der Waals surface area contributed by atoms with Crippen molar-refractivity contribution in [1.82, 2.24) is 9.78 Å². The van der Waals surface area contributed by atoms with Crippen molar-refractivity contribution in [2.75, 3.05) is 0 Å². The zero-order valence-electron chi connectivity index (χ0n) is 10.4. The summed E-state index contributed by atoms with van der Waals surface area (Å²) < 4.78 is 2.01. The summed E-state index contributed by atoms with van der Waals surface area (Å²) in [5, 5.41) is 13.6. The Kier molecular flexibility index (Phi) is 5.26. The number of hydrogen-bond acceptors (Lipinski definition) is 2. The second-order valence-corrected chi connectivity index (χ2v) is 4.17. The summed E-state index contributed by atoms with van der Waals surface area (Å²) in [6, 6.07) is 0. The fourth-order valence-electron chi connectivity index (χ4n) is 1.91. The van der Waals surface area contributed by atoms with Crippen LogP contribution in [0.4, 0.5) is 0 Å². The molecule has 1 aromatic heterocycles. The number of aryl methyl sites for hydroxylation is 2. The molecule has 16 heavy (non-hydrogen) atoms. The molecule has 0 fully saturated rings. The van der Waals surface area contributed by atoms with Gasteiger partial charge in [0, 0.05) is 17.8 Å². The zero-order chi connectivity index (χ0) is 12.0. The van der Waals surface area contributed by atoms with Crippen LogP contribution in [0.1, 0.15) is 42.6 Å². The molecule has 1 N–H and O–H groups in total. The Bertz CT molecular complexity index is 342. The van der Waals surface area contributed by atoms with E-state index in [1.54, 1.807) is 0 Å². The molecule has 0 aliphatic heterocycles. The second kappa shape index (κ2) is 6.48. The summed E-state index contributed by atoms with van der Waals surface area (Å²) in [5.41, 5.74) is 3.03. The van der Waals surface area contributed by atoms with Gasteiger partial charge in [-0.1, -0.05) is 12.5 Å². The first-order valence-electron chi connectivity index (χ1n) is 5.95. The van der Waals surface area contributed by atoms with Gasteiger partial charge < -0.3 is 5.11 Å². The van der Waals surface area contributed by atoms with Crippen LogP contribution in [0.25, 0.3) is 0 Å². The van der Waals surface area contributed by atoms with Crippen molar-refractivity contribution < 1.29 is 5.11 Å². The van der Waals surface area contributed by atoms with Gasteiger partial charge in [-0.3, -0.25) is 4.68 Å². The molecule has 0 aliphatic carbocycles. The van der Waals surface area contributed by atoms with E-state index in [0.29, 0.717) is 0 Å². The number of nitrogens with zero attached hydrogens (tertiary/aromatic N) is 2. The van der Waals surface area contributed by atoms with Gasteiger partial charge in [0.1, 0.15) is 0 Å². The average Bonchev–Trinajstić information content (AvgIpc) is 2.53. The number of aromatic nitrogens is 2. The van der Waals surface area contributed by atoms with Crippen LogP contribution in [0.15, 0.2) is 12.7 Å². The molecule has 1 rings (SSSR count). The van der Waals surface area contributed by atoms with Crippen molar-refractivity contribution in [2.45, 2.75) is 52.7 Å². The maximum absolute atomic E-state index is 9.19. The molecule has 3 nitrogen and oxygen atoms in total. The quantitative estimate of drug-likeness (QED) is 0.569. The van der Waals surface area contributed by atoms with Crippen LogP contribution in [0, 0.1) is 13.8 Å². The van der Waals surface area contributed by atoms with Crippen LogP contribution in [0.2, 0.25) is 0 Å². The van der Waals surface area contributed by atoms with Crippen LogP contribution in [0.5, 0.6) is 0 Å². The van der Waals surface area contributed by atoms with Crippen LogP contribution >= 0.6 is 0 Å². The molecule has 90 valence electrons. The maximum atomic E-state index is 9.19. The van der Waals surface area contributed by atoms with E-state index in [0.717, 1.165) is 36.3 Å². The first-order chi connectivity index (χ1) is 7.70. The van der Waals surface area contributed by atoms with E-state index >= 15 is 0 Å². The molecule has 0 amide bonds. The predicted octanol–water partition coefficient (Wildman–Crippen LogP) is 2.74. The SMILES string of the molecule is C=CCCCCCn1nc(C)c(CO)c1C. The fraction of sp³-hybridized carbons (Fsp3) is 0.615. The monoisotopic (exact) mass is 222 g/mol. The van der Waals surface area contributed by atoms with Crippen LogP contribution in [-0.2, 0) is 13.2 Å². The van der Waals surface area contributed by atoms with Gasteiger partial charge in [0.2, 0.25) is 0 Å². The Morgan fingerprint density at radius 2 is 2.06 bits per heavy atom. The van der Waals surface area contributed by atoms with Crippen molar-refractivity contribution in [1.29, 1.82) is 0 Å². The molecule has 0 saturated carbocycles. The molecule has 0 atom stereocenters. The minimum atomic E-state index is 0.0914. The van der Waals surface area contributed by atoms with Crippen LogP contribution in [0.3, 0.4) is 0 Å². The Balaban J connectivity index is 2.45.